The molecule has 4 aliphatic carbocycles. The highest BCUT2D eigenvalue weighted by atomic mass is 16.2. The van der Waals surface area contributed by atoms with Gasteiger partial charge in [-0.05, 0) is 92.5 Å². The van der Waals surface area contributed by atoms with Crippen molar-refractivity contribution in [2.24, 2.45) is 34.2 Å². The van der Waals surface area contributed by atoms with Gasteiger partial charge < -0.3 is 22.1 Å². The van der Waals surface area contributed by atoms with Crippen LogP contribution < -0.4 is 27.7 Å². The Balaban J connectivity index is 1.01. The maximum absolute atomic E-state index is 13.3. The van der Waals surface area contributed by atoms with Gasteiger partial charge in [0.15, 0.2) is 5.96 Å². The molecule has 4 aliphatic rings. The fourth-order valence-corrected chi connectivity index (χ4v) is 8.11. The van der Waals surface area contributed by atoms with Crippen molar-refractivity contribution in [3.8, 4) is 22.4 Å². The van der Waals surface area contributed by atoms with E-state index in [9.17, 15) is 9.59 Å². The zero-order valence-electron chi connectivity index (χ0n) is 24.9. The number of hydrogen-bond acceptors (Lipinski definition) is 5. The second kappa shape index (κ2) is 11.6. The van der Waals surface area contributed by atoms with Crippen molar-refractivity contribution in [2.45, 2.75) is 57.0 Å². The van der Waals surface area contributed by atoms with Crippen molar-refractivity contribution >= 4 is 17.6 Å². The highest BCUT2D eigenvalue weighted by Gasteiger charge is 2.51. The molecule has 0 aliphatic heterocycles. The van der Waals surface area contributed by atoms with Gasteiger partial charge in [-0.1, -0.05) is 36.4 Å². The first kappa shape index (κ1) is 28.3. The van der Waals surface area contributed by atoms with E-state index in [0.29, 0.717) is 30.0 Å². The summed E-state index contributed by atoms with van der Waals surface area (Å²) in [7, 11) is 0. The molecule has 0 saturated heterocycles. The molecular formula is C34H40N8O2. The summed E-state index contributed by atoms with van der Waals surface area (Å²) in [6.07, 6.45) is 12.0. The molecule has 10 heteroatoms. The van der Waals surface area contributed by atoms with Gasteiger partial charge in [-0.2, -0.15) is 0 Å². The van der Waals surface area contributed by atoms with Gasteiger partial charge in [0.2, 0.25) is 5.78 Å². The van der Waals surface area contributed by atoms with Crippen molar-refractivity contribution in [1.29, 1.82) is 0 Å². The molecule has 8 rings (SSSR count). The first-order chi connectivity index (χ1) is 21.3. The van der Waals surface area contributed by atoms with E-state index in [0.717, 1.165) is 72.4 Å². The molecule has 4 fully saturated rings. The zero-order valence-corrected chi connectivity index (χ0v) is 24.9. The Labute approximate surface area is 256 Å². The first-order valence-corrected chi connectivity index (χ1v) is 15.7. The van der Waals surface area contributed by atoms with Crippen LogP contribution in [0.4, 0.5) is 0 Å². The van der Waals surface area contributed by atoms with Crippen LogP contribution >= 0.6 is 0 Å². The predicted molar refractivity (Wildman–Crippen MR) is 172 cm³/mol. The number of H-pyrrole nitrogens is 1. The summed E-state index contributed by atoms with van der Waals surface area (Å²) in [6.45, 7) is 2.11. The summed E-state index contributed by atoms with van der Waals surface area (Å²) < 4.78 is 1.84. The molecule has 2 aromatic heterocycles. The number of aliphatic imine (C=N–C) groups is 1. The van der Waals surface area contributed by atoms with E-state index in [1.54, 1.807) is 0 Å². The molecule has 0 spiro atoms. The number of imidazole rings is 1. The minimum Gasteiger partial charge on any atom is -0.370 e. The SMILES string of the molecule is NC(N)=NCCCNCc1ccc(-c2cn3cc(-c4ccc(C(=O)NC56CC7CC(CC(C7)C5)C6)cc4)nc3[nH]c2=O)cc1. The third-order valence-corrected chi connectivity index (χ3v) is 9.73. The molecule has 0 radical (unpaired) electrons. The summed E-state index contributed by atoms with van der Waals surface area (Å²) >= 11 is 0. The topological polar surface area (TPSA) is 156 Å². The molecule has 44 heavy (non-hydrogen) atoms. The summed E-state index contributed by atoms with van der Waals surface area (Å²) in [5.41, 5.74) is 15.3. The van der Waals surface area contributed by atoms with Crippen LogP contribution in [-0.4, -0.2) is 44.9 Å². The smallest absolute Gasteiger partial charge is 0.260 e. The van der Waals surface area contributed by atoms with Crippen molar-refractivity contribution in [2.75, 3.05) is 13.1 Å². The van der Waals surface area contributed by atoms with Crippen LogP contribution in [0.1, 0.15) is 60.9 Å². The monoisotopic (exact) mass is 592 g/mol. The van der Waals surface area contributed by atoms with Crippen LogP contribution in [0.5, 0.6) is 0 Å². The number of hydrogen-bond donors (Lipinski definition) is 5. The van der Waals surface area contributed by atoms with E-state index < -0.39 is 0 Å². The summed E-state index contributed by atoms with van der Waals surface area (Å²) in [4.78, 5) is 37.8. The Bertz CT molecular complexity index is 1710. The molecule has 10 nitrogen and oxygen atoms in total. The lowest BCUT2D eigenvalue weighted by Gasteiger charge is -2.56. The number of rotatable bonds is 10. The lowest BCUT2D eigenvalue weighted by molar-refractivity contribution is -0.0167. The third-order valence-electron chi connectivity index (χ3n) is 9.73. The number of nitrogens with zero attached hydrogens (tertiary/aromatic N) is 3. The number of benzene rings is 2. The number of aromatic nitrogens is 3. The van der Waals surface area contributed by atoms with Crippen molar-refractivity contribution in [3.63, 3.8) is 0 Å². The number of nitrogens with two attached hydrogens (primary N) is 2. The van der Waals surface area contributed by atoms with Gasteiger partial charge in [0.05, 0.1) is 11.3 Å². The molecular weight excluding hydrogens is 552 g/mol. The summed E-state index contributed by atoms with van der Waals surface area (Å²) in [5.74, 6) is 2.96. The maximum Gasteiger partial charge on any atom is 0.260 e. The number of amides is 1. The molecule has 4 aromatic rings. The van der Waals surface area contributed by atoms with Crippen molar-refractivity contribution in [1.82, 2.24) is 25.0 Å². The van der Waals surface area contributed by atoms with Gasteiger partial charge in [-0.3, -0.25) is 24.0 Å². The highest BCUT2D eigenvalue weighted by Crippen LogP contribution is 2.55. The number of fused-ring (bicyclic) bond motifs is 1. The molecule has 0 unspecified atom stereocenters. The number of aromatic amines is 1. The van der Waals surface area contributed by atoms with E-state index >= 15 is 0 Å². The van der Waals surface area contributed by atoms with Crippen LogP contribution in [0.15, 0.2) is 70.7 Å². The predicted octanol–water partition coefficient (Wildman–Crippen LogP) is 3.81. The van der Waals surface area contributed by atoms with Gasteiger partial charge in [0.25, 0.3) is 11.5 Å². The quantitative estimate of drug-likeness (QED) is 0.107. The highest BCUT2D eigenvalue weighted by molar-refractivity contribution is 5.95. The minimum absolute atomic E-state index is 0.0109. The molecule has 4 saturated carbocycles. The fraction of sp³-hybridized carbons (Fsp3) is 0.412. The van der Waals surface area contributed by atoms with Gasteiger partial charge in [-0.15, -0.1) is 0 Å². The van der Waals surface area contributed by atoms with E-state index in [4.69, 9.17) is 11.5 Å². The molecule has 1 amide bonds. The summed E-state index contributed by atoms with van der Waals surface area (Å²) in [5, 5.41) is 6.83. The second-order valence-electron chi connectivity index (χ2n) is 13.1. The van der Waals surface area contributed by atoms with E-state index in [1.807, 2.05) is 65.3 Å². The van der Waals surface area contributed by atoms with E-state index in [-0.39, 0.29) is 23.0 Å². The zero-order chi connectivity index (χ0) is 30.3. The fourth-order valence-electron chi connectivity index (χ4n) is 8.11. The normalized spacial score (nSPS) is 23.6. The maximum atomic E-state index is 13.3. The Morgan fingerprint density at radius 3 is 2.27 bits per heavy atom. The summed E-state index contributed by atoms with van der Waals surface area (Å²) in [6, 6.07) is 15.6. The molecule has 4 bridgehead atoms. The van der Waals surface area contributed by atoms with Crippen LogP contribution in [0.2, 0.25) is 0 Å². The molecule has 2 heterocycles. The first-order valence-electron chi connectivity index (χ1n) is 15.7. The van der Waals surface area contributed by atoms with Crippen LogP contribution in [0, 0.1) is 17.8 Å². The Morgan fingerprint density at radius 1 is 0.955 bits per heavy atom. The van der Waals surface area contributed by atoms with Crippen molar-refractivity contribution < 1.29 is 4.79 Å². The van der Waals surface area contributed by atoms with Crippen LogP contribution in [-0.2, 0) is 6.54 Å². The van der Waals surface area contributed by atoms with Gasteiger partial charge >= 0.3 is 0 Å². The van der Waals surface area contributed by atoms with Crippen LogP contribution in [0.3, 0.4) is 0 Å². The number of guanidine groups is 1. The Kier molecular flexibility index (Phi) is 7.45. The molecule has 228 valence electrons. The number of carbonyl (C=O) groups is 1. The van der Waals surface area contributed by atoms with Crippen LogP contribution in [0.25, 0.3) is 28.2 Å². The van der Waals surface area contributed by atoms with Gasteiger partial charge in [0, 0.05) is 42.1 Å². The van der Waals surface area contributed by atoms with Crippen molar-refractivity contribution in [3.05, 3.63) is 82.4 Å². The standard InChI is InChI=1S/C34H40N8O2/c35-32(36)38-11-1-10-37-18-21-2-4-25(5-3-21)28-19-42-20-29(39-33(42)40-31(28)44)26-6-8-27(9-7-26)30(43)41-34-15-22-12-23(16-34)14-24(13-22)17-34/h2-9,19-20,22-24,37H,1,10-18H2,(H,41,43)(H4,35,36,38)(H,39,40,44). The molecule has 2 aromatic carbocycles. The number of nitrogens with one attached hydrogen (secondary N) is 3. The largest absolute Gasteiger partial charge is 0.370 e. The number of carbonyl (C=O) groups excluding carboxylic acids is 1. The average Bonchev–Trinajstić information content (AvgIpc) is 3.41. The van der Waals surface area contributed by atoms with E-state index in [2.05, 4.69) is 25.6 Å². The lowest BCUT2D eigenvalue weighted by atomic mass is 9.53. The average molecular weight is 593 g/mol. The Hall–Kier alpha value is -4.44. The Morgan fingerprint density at radius 2 is 1.61 bits per heavy atom. The minimum atomic E-state index is -0.197. The molecule has 7 N–H and O–H groups in total. The lowest BCUT2D eigenvalue weighted by Crippen LogP contribution is -2.59. The van der Waals surface area contributed by atoms with Gasteiger partial charge in [0.1, 0.15) is 0 Å². The third kappa shape index (κ3) is 5.86. The molecule has 0 atom stereocenters. The second-order valence-corrected chi connectivity index (χ2v) is 13.1. The van der Waals surface area contributed by atoms with E-state index in [1.165, 1.54) is 19.3 Å². The van der Waals surface area contributed by atoms with Gasteiger partial charge in [-0.25, -0.2) is 4.98 Å².